The predicted molar refractivity (Wildman–Crippen MR) is 78.0 cm³/mol. The molecule has 0 saturated carbocycles. The summed E-state index contributed by atoms with van der Waals surface area (Å²) in [5.74, 6) is 0.388. The number of imidazole rings is 1. The Hall–Kier alpha value is -1.30. The van der Waals surface area contributed by atoms with E-state index in [0.29, 0.717) is 16.5 Å². The second-order valence-electron chi connectivity index (χ2n) is 4.36. The van der Waals surface area contributed by atoms with Crippen LogP contribution in [0.2, 0.25) is 5.02 Å². The molecule has 1 aliphatic heterocycles. The van der Waals surface area contributed by atoms with Crippen LogP contribution in [0.25, 0.3) is 11.0 Å². The normalized spacial score (nSPS) is 18.3. The van der Waals surface area contributed by atoms with Crippen molar-refractivity contribution in [2.24, 2.45) is 0 Å². The molecule has 1 saturated heterocycles. The SMILES string of the molecule is Cl.O=C(Nc1nc2c(Cl)cccc2[nH]1)C1CCCN1. The first kappa shape index (κ1) is 14.1. The number of rotatable bonds is 2. The van der Waals surface area contributed by atoms with Gasteiger partial charge in [0.1, 0.15) is 5.52 Å². The second kappa shape index (κ2) is 5.77. The van der Waals surface area contributed by atoms with Gasteiger partial charge in [-0.2, -0.15) is 0 Å². The van der Waals surface area contributed by atoms with Crippen LogP contribution >= 0.6 is 24.0 Å². The van der Waals surface area contributed by atoms with E-state index in [9.17, 15) is 4.79 Å². The predicted octanol–water partition coefficient (Wildman–Crippen LogP) is 2.33. The lowest BCUT2D eigenvalue weighted by molar-refractivity contribution is -0.117. The number of para-hydroxylation sites is 1. The van der Waals surface area contributed by atoms with Gasteiger partial charge in [0.05, 0.1) is 16.6 Å². The quantitative estimate of drug-likeness (QED) is 0.797. The van der Waals surface area contributed by atoms with Crippen molar-refractivity contribution in [3.8, 4) is 0 Å². The van der Waals surface area contributed by atoms with E-state index in [1.165, 1.54) is 0 Å². The van der Waals surface area contributed by atoms with Crippen LogP contribution in [0.4, 0.5) is 5.95 Å². The number of fused-ring (bicyclic) bond motifs is 1. The Morgan fingerprint density at radius 2 is 2.32 bits per heavy atom. The van der Waals surface area contributed by atoms with Gasteiger partial charge in [-0.05, 0) is 31.5 Å². The van der Waals surface area contributed by atoms with Crippen molar-refractivity contribution >= 4 is 46.9 Å². The topological polar surface area (TPSA) is 69.8 Å². The number of carbonyl (C=O) groups is 1. The molecule has 2 aromatic rings. The highest BCUT2D eigenvalue weighted by Gasteiger charge is 2.22. The van der Waals surface area contributed by atoms with Crippen molar-refractivity contribution < 1.29 is 4.79 Å². The van der Waals surface area contributed by atoms with E-state index in [-0.39, 0.29) is 24.4 Å². The van der Waals surface area contributed by atoms with Crippen molar-refractivity contribution in [3.05, 3.63) is 23.2 Å². The molecule has 1 unspecified atom stereocenters. The fraction of sp³-hybridized carbons (Fsp3) is 0.333. The molecule has 1 aliphatic rings. The summed E-state index contributed by atoms with van der Waals surface area (Å²) in [6.07, 6.45) is 1.90. The van der Waals surface area contributed by atoms with Crippen molar-refractivity contribution in [1.29, 1.82) is 0 Å². The molecule has 1 aromatic carbocycles. The van der Waals surface area contributed by atoms with Crippen molar-refractivity contribution in [2.75, 3.05) is 11.9 Å². The molecule has 0 bridgehead atoms. The summed E-state index contributed by atoms with van der Waals surface area (Å²) in [6.45, 7) is 0.893. The molecular formula is C12H14Cl2N4O. The van der Waals surface area contributed by atoms with Gasteiger partial charge in [-0.1, -0.05) is 17.7 Å². The standard InChI is InChI=1S/C12H13ClN4O.ClH/c13-7-3-1-4-8-10(7)16-12(15-8)17-11(18)9-5-2-6-14-9;/h1,3-4,9,14H,2,5-6H2,(H2,15,16,17,18);1H. The molecule has 3 N–H and O–H groups in total. The Morgan fingerprint density at radius 1 is 1.47 bits per heavy atom. The van der Waals surface area contributed by atoms with E-state index in [2.05, 4.69) is 20.6 Å². The molecule has 19 heavy (non-hydrogen) atoms. The largest absolute Gasteiger partial charge is 0.324 e. The van der Waals surface area contributed by atoms with Crippen molar-refractivity contribution in [3.63, 3.8) is 0 Å². The number of anilines is 1. The minimum absolute atomic E-state index is 0. The van der Waals surface area contributed by atoms with Crippen LogP contribution in [0.3, 0.4) is 0 Å². The maximum atomic E-state index is 11.9. The molecule has 7 heteroatoms. The summed E-state index contributed by atoms with van der Waals surface area (Å²) in [5, 5.41) is 6.49. The van der Waals surface area contributed by atoms with Crippen LogP contribution in [-0.2, 0) is 4.79 Å². The Labute approximate surface area is 121 Å². The monoisotopic (exact) mass is 300 g/mol. The van der Waals surface area contributed by atoms with Crippen LogP contribution in [-0.4, -0.2) is 28.5 Å². The molecule has 1 fully saturated rings. The third-order valence-electron chi connectivity index (χ3n) is 3.08. The molecule has 1 amide bonds. The number of aromatic nitrogens is 2. The van der Waals surface area contributed by atoms with E-state index in [1.807, 2.05) is 12.1 Å². The molecular weight excluding hydrogens is 287 g/mol. The molecule has 1 atom stereocenters. The summed E-state index contributed by atoms with van der Waals surface area (Å²) in [7, 11) is 0. The van der Waals surface area contributed by atoms with Gasteiger partial charge in [0, 0.05) is 0 Å². The van der Waals surface area contributed by atoms with Crippen molar-refractivity contribution in [1.82, 2.24) is 15.3 Å². The summed E-state index contributed by atoms with van der Waals surface area (Å²) in [5.41, 5.74) is 1.49. The number of carbonyl (C=O) groups excluding carboxylic acids is 1. The Balaban J connectivity index is 0.00000133. The fourth-order valence-corrected chi connectivity index (χ4v) is 2.39. The fourth-order valence-electron chi connectivity index (χ4n) is 2.17. The molecule has 0 aliphatic carbocycles. The van der Waals surface area contributed by atoms with Gasteiger partial charge in [-0.25, -0.2) is 4.98 Å². The molecule has 102 valence electrons. The minimum atomic E-state index is -0.117. The highest BCUT2D eigenvalue weighted by molar-refractivity contribution is 6.35. The number of aromatic amines is 1. The maximum absolute atomic E-state index is 11.9. The first-order valence-corrected chi connectivity index (χ1v) is 6.30. The average molecular weight is 301 g/mol. The number of H-pyrrole nitrogens is 1. The number of benzene rings is 1. The lowest BCUT2D eigenvalue weighted by atomic mass is 10.2. The van der Waals surface area contributed by atoms with Gasteiger partial charge in [-0.3, -0.25) is 10.1 Å². The van der Waals surface area contributed by atoms with E-state index >= 15 is 0 Å². The third kappa shape index (κ3) is 2.83. The number of hydrogen-bond acceptors (Lipinski definition) is 3. The van der Waals surface area contributed by atoms with E-state index < -0.39 is 0 Å². The molecule has 1 aromatic heterocycles. The lowest BCUT2D eigenvalue weighted by Crippen LogP contribution is -2.35. The lowest BCUT2D eigenvalue weighted by Gasteiger charge is -2.08. The Kier molecular flexibility index (Phi) is 4.29. The first-order chi connectivity index (χ1) is 8.74. The Morgan fingerprint density at radius 3 is 3.00 bits per heavy atom. The zero-order chi connectivity index (χ0) is 12.5. The number of hydrogen-bond donors (Lipinski definition) is 3. The van der Waals surface area contributed by atoms with Crippen LogP contribution in [0.1, 0.15) is 12.8 Å². The van der Waals surface area contributed by atoms with Gasteiger partial charge in [0.2, 0.25) is 11.9 Å². The van der Waals surface area contributed by atoms with Gasteiger partial charge in [0.15, 0.2) is 0 Å². The maximum Gasteiger partial charge on any atom is 0.243 e. The summed E-state index contributed by atoms with van der Waals surface area (Å²) < 4.78 is 0. The zero-order valence-corrected chi connectivity index (χ0v) is 11.6. The molecule has 0 spiro atoms. The first-order valence-electron chi connectivity index (χ1n) is 5.92. The second-order valence-corrected chi connectivity index (χ2v) is 4.77. The van der Waals surface area contributed by atoms with Crippen LogP contribution in [0, 0.1) is 0 Å². The van der Waals surface area contributed by atoms with Crippen LogP contribution in [0.15, 0.2) is 18.2 Å². The number of amides is 1. The average Bonchev–Trinajstić information content (AvgIpc) is 2.97. The van der Waals surface area contributed by atoms with Gasteiger partial charge >= 0.3 is 0 Å². The smallest absolute Gasteiger partial charge is 0.243 e. The van der Waals surface area contributed by atoms with E-state index in [1.54, 1.807) is 6.07 Å². The number of nitrogens with zero attached hydrogens (tertiary/aromatic N) is 1. The van der Waals surface area contributed by atoms with Crippen LogP contribution < -0.4 is 10.6 Å². The van der Waals surface area contributed by atoms with Gasteiger partial charge in [-0.15, -0.1) is 12.4 Å². The summed E-state index contributed by atoms with van der Waals surface area (Å²) in [6, 6.07) is 5.37. The molecule has 2 heterocycles. The molecule has 3 rings (SSSR count). The zero-order valence-electron chi connectivity index (χ0n) is 10.1. The third-order valence-corrected chi connectivity index (χ3v) is 3.39. The summed E-state index contributed by atoms with van der Waals surface area (Å²) >= 11 is 6.03. The highest BCUT2D eigenvalue weighted by atomic mass is 35.5. The van der Waals surface area contributed by atoms with Crippen LogP contribution in [0.5, 0.6) is 0 Å². The van der Waals surface area contributed by atoms with Crippen molar-refractivity contribution in [2.45, 2.75) is 18.9 Å². The highest BCUT2D eigenvalue weighted by Crippen LogP contribution is 2.22. The van der Waals surface area contributed by atoms with Gasteiger partial charge in [0.25, 0.3) is 0 Å². The minimum Gasteiger partial charge on any atom is -0.324 e. The van der Waals surface area contributed by atoms with Gasteiger partial charge < -0.3 is 10.3 Å². The number of halogens is 2. The molecule has 0 radical (unpaired) electrons. The van der Waals surface area contributed by atoms with E-state index in [0.717, 1.165) is 24.9 Å². The summed E-state index contributed by atoms with van der Waals surface area (Å²) in [4.78, 5) is 19.2. The number of nitrogens with one attached hydrogen (secondary N) is 3. The molecule has 5 nitrogen and oxygen atoms in total. The van der Waals surface area contributed by atoms with E-state index in [4.69, 9.17) is 11.6 Å². The Bertz CT molecular complexity index is 592.